The molecule has 1 aromatic carbocycles. The fourth-order valence-electron chi connectivity index (χ4n) is 3.46. The van der Waals surface area contributed by atoms with Crippen molar-refractivity contribution in [3.8, 4) is 11.1 Å². The monoisotopic (exact) mass is 392 g/mol. The molecule has 0 bridgehead atoms. The zero-order chi connectivity index (χ0) is 19.3. The van der Waals surface area contributed by atoms with Crippen LogP contribution in [0.4, 0.5) is 5.82 Å². The predicted molar refractivity (Wildman–Crippen MR) is 115 cm³/mol. The number of likely N-dealkylation sites (N-methyl/N-ethyl adjacent to an activating group) is 1. The summed E-state index contributed by atoms with van der Waals surface area (Å²) in [6.07, 6.45) is 1.83. The molecule has 2 aromatic heterocycles. The van der Waals surface area contributed by atoms with E-state index in [1.807, 2.05) is 60.1 Å². The molecule has 0 saturated carbocycles. The van der Waals surface area contributed by atoms with E-state index in [4.69, 9.17) is 0 Å². The number of rotatable bonds is 5. The molecule has 0 unspecified atom stereocenters. The second kappa shape index (κ2) is 8.54. The third kappa shape index (κ3) is 4.08. The lowest BCUT2D eigenvalue weighted by Gasteiger charge is -2.34. The van der Waals surface area contributed by atoms with Crippen LogP contribution in [0.5, 0.6) is 0 Å². The zero-order valence-electron chi connectivity index (χ0n) is 16.0. The Morgan fingerprint density at radius 3 is 2.64 bits per heavy atom. The largest absolute Gasteiger partial charge is 0.354 e. The van der Waals surface area contributed by atoms with Gasteiger partial charge in [0, 0.05) is 50.0 Å². The lowest BCUT2D eigenvalue weighted by atomic mass is 10.1. The first kappa shape index (κ1) is 18.7. The Kier molecular flexibility index (Phi) is 5.69. The minimum Gasteiger partial charge on any atom is -0.354 e. The van der Waals surface area contributed by atoms with Crippen LogP contribution in [0, 0.1) is 0 Å². The van der Waals surface area contributed by atoms with Crippen LogP contribution in [0.15, 0.2) is 60.1 Å². The second-order valence-electron chi connectivity index (χ2n) is 6.99. The molecular formula is C22H24N4OS. The maximum Gasteiger partial charge on any atom is 0.262 e. The first-order chi connectivity index (χ1) is 13.7. The topological polar surface area (TPSA) is 48.5 Å². The van der Waals surface area contributed by atoms with Gasteiger partial charge in [-0.2, -0.15) is 0 Å². The maximum absolute atomic E-state index is 12.9. The second-order valence-corrected chi connectivity index (χ2v) is 7.90. The molecule has 1 saturated heterocycles. The van der Waals surface area contributed by atoms with Crippen molar-refractivity contribution in [3.05, 3.63) is 70.5 Å². The van der Waals surface area contributed by atoms with Gasteiger partial charge >= 0.3 is 0 Å². The van der Waals surface area contributed by atoms with E-state index in [-0.39, 0.29) is 5.91 Å². The van der Waals surface area contributed by atoms with E-state index in [0.717, 1.165) is 53.6 Å². The standard InChI is InChI=1S/C22H24N4OS/c1-25-11-13-26(14-12-25)21-18(8-5-10-23-21)16-24-22(27)20-19(9-15-28-20)17-6-3-2-4-7-17/h2-10,15H,11-14,16H2,1H3,(H,24,27). The zero-order valence-corrected chi connectivity index (χ0v) is 16.8. The van der Waals surface area contributed by atoms with Gasteiger partial charge < -0.3 is 15.1 Å². The maximum atomic E-state index is 12.9. The summed E-state index contributed by atoms with van der Waals surface area (Å²) in [5, 5.41) is 5.06. The lowest BCUT2D eigenvalue weighted by molar-refractivity contribution is 0.0955. The number of aromatic nitrogens is 1. The molecule has 3 aromatic rings. The number of carbonyl (C=O) groups excluding carboxylic acids is 1. The summed E-state index contributed by atoms with van der Waals surface area (Å²) in [4.78, 5) is 22.8. The minimum absolute atomic E-state index is 0.0398. The van der Waals surface area contributed by atoms with Crippen molar-refractivity contribution < 1.29 is 4.79 Å². The summed E-state index contributed by atoms with van der Waals surface area (Å²) >= 11 is 1.48. The number of thiophene rings is 1. The fourth-order valence-corrected chi connectivity index (χ4v) is 4.29. The Labute approximate surface area is 169 Å². The number of pyridine rings is 1. The van der Waals surface area contributed by atoms with Crippen LogP contribution in [0.3, 0.4) is 0 Å². The average molecular weight is 393 g/mol. The predicted octanol–water partition coefficient (Wildman–Crippen LogP) is 3.49. The Balaban J connectivity index is 1.48. The van der Waals surface area contributed by atoms with E-state index in [0.29, 0.717) is 6.54 Å². The molecule has 4 rings (SSSR count). The molecule has 1 amide bonds. The molecule has 1 aliphatic heterocycles. The molecule has 28 heavy (non-hydrogen) atoms. The van der Waals surface area contributed by atoms with Crippen LogP contribution in [-0.2, 0) is 6.54 Å². The average Bonchev–Trinajstić information content (AvgIpc) is 3.24. The van der Waals surface area contributed by atoms with Crippen molar-refractivity contribution in [2.45, 2.75) is 6.54 Å². The van der Waals surface area contributed by atoms with E-state index < -0.39 is 0 Å². The Bertz CT molecular complexity index is 932. The van der Waals surface area contributed by atoms with Gasteiger partial charge in [-0.05, 0) is 30.1 Å². The highest BCUT2D eigenvalue weighted by atomic mass is 32.1. The first-order valence-corrected chi connectivity index (χ1v) is 10.4. The molecule has 0 spiro atoms. The van der Waals surface area contributed by atoms with E-state index in [9.17, 15) is 4.79 Å². The molecule has 5 nitrogen and oxygen atoms in total. The summed E-state index contributed by atoms with van der Waals surface area (Å²) in [7, 11) is 2.14. The van der Waals surface area contributed by atoms with Crippen LogP contribution in [0.1, 0.15) is 15.2 Å². The van der Waals surface area contributed by atoms with Crippen LogP contribution in [0.25, 0.3) is 11.1 Å². The Morgan fingerprint density at radius 1 is 1.07 bits per heavy atom. The van der Waals surface area contributed by atoms with E-state index in [2.05, 4.69) is 27.1 Å². The van der Waals surface area contributed by atoms with Gasteiger partial charge in [0.1, 0.15) is 5.82 Å². The number of nitrogens with one attached hydrogen (secondary N) is 1. The molecule has 3 heterocycles. The van der Waals surface area contributed by atoms with Crippen LogP contribution in [0.2, 0.25) is 0 Å². The van der Waals surface area contributed by atoms with Gasteiger partial charge in [-0.15, -0.1) is 11.3 Å². The fraction of sp³-hybridized carbons (Fsp3) is 0.273. The van der Waals surface area contributed by atoms with Crippen LogP contribution < -0.4 is 10.2 Å². The normalized spacial score (nSPS) is 14.8. The smallest absolute Gasteiger partial charge is 0.262 e. The highest BCUT2D eigenvalue weighted by Gasteiger charge is 2.19. The lowest BCUT2D eigenvalue weighted by Crippen LogP contribution is -2.45. The summed E-state index contributed by atoms with van der Waals surface area (Å²) < 4.78 is 0. The van der Waals surface area contributed by atoms with Gasteiger partial charge in [-0.1, -0.05) is 36.4 Å². The Morgan fingerprint density at radius 2 is 1.86 bits per heavy atom. The summed E-state index contributed by atoms with van der Waals surface area (Å²) in [5.74, 6) is 0.937. The van der Waals surface area contributed by atoms with Gasteiger partial charge in [0.25, 0.3) is 5.91 Å². The molecule has 0 aliphatic carbocycles. The van der Waals surface area contributed by atoms with Gasteiger partial charge in [-0.25, -0.2) is 4.98 Å². The van der Waals surface area contributed by atoms with Gasteiger partial charge in [0.15, 0.2) is 0 Å². The summed E-state index contributed by atoms with van der Waals surface area (Å²) in [6, 6.07) is 16.0. The third-order valence-electron chi connectivity index (χ3n) is 5.07. The molecule has 1 N–H and O–H groups in total. The summed E-state index contributed by atoms with van der Waals surface area (Å²) in [5.41, 5.74) is 3.10. The van der Waals surface area contributed by atoms with Gasteiger partial charge in [0.2, 0.25) is 0 Å². The number of nitrogens with zero attached hydrogens (tertiary/aromatic N) is 3. The van der Waals surface area contributed by atoms with Gasteiger partial charge in [-0.3, -0.25) is 4.79 Å². The summed E-state index contributed by atoms with van der Waals surface area (Å²) in [6.45, 7) is 4.44. The highest BCUT2D eigenvalue weighted by Crippen LogP contribution is 2.28. The molecule has 6 heteroatoms. The minimum atomic E-state index is -0.0398. The number of anilines is 1. The van der Waals surface area contributed by atoms with Gasteiger partial charge in [0.05, 0.1) is 4.88 Å². The van der Waals surface area contributed by atoms with Crippen LogP contribution in [-0.4, -0.2) is 49.0 Å². The molecule has 0 radical (unpaired) electrons. The molecular weight excluding hydrogens is 368 g/mol. The van der Waals surface area contributed by atoms with Crippen molar-refractivity contribution in [1.82, 2.24) is 15.2 Å². The van der Waals surface area contributed by atoms with Crippen LogP contribution >= 0.6 is 11.3 Å². The first-order valence-electron chi connectivity index (χ1n) is 9.51. The number of hydrogen-bond donors (Lipinski definition) is 1. The van der Waals surface area contributed by atoms with E-state index in [1.165, 1.54) is 11.3 Å². The van der Waals surface area contributed by atoms with Crippen molar-refractivity contribution in [1.29, 1.82) is 0 Å². The SMILES string of the molecule is CN1CCN(c2ncccc2CNC(=O)c2sccc2-c2ccccc2)CC1. The molecule has 1 aliphatic rings. The van der Waals surface area contributed by atoms with Crippen molar-refractivity contribution >= 4 is 23.1 Å². The molecule has 0 atom stereocenters. The quantitative estimate of drug-likeness (QED) is 0.722. The van der Waals surface area contributed by atoms with E-state index >= 15 is 0 Å². The number of piperazine rings is 1. The molecule has 1 fully saturated rings. The van der Waals surface area contributed by atoms with Crippen molar-refractivity contribution in [3.63, 3.8) is 0 Å². The van der Waals surface area contributed by atoms with Crippen molar-refractivity contribution in [2.24, 2.45) is 0 Å². The number of benzene rings is 1. The highest BCUT2D eigenvalue weighted by molar-refractivity contribution is 7.12. The number of hydrogen-bond acceptors (Lipinski definition) is 5. The Hall–Kier alpha value is -2.70. The van der Waals surface area contributed by atoms with Crippen molar-refractivity contribution in [2.75, 3.05) is 38.1 Å². The number of carbonyl (C=O) groups is 1. The number of amides is 1. The van der Waals surface area contributed by atoms with E-state index in [1.54, 1.807) is 0 Å². The molecule has 144 valence electrons. The third-order valence-corrected chi connectivity index (χ3v) is 5.98.